The van der Waals surface area contributed by atoms with E-state index in [0.717, 1.165) is 16.2 Å². The average molecular weight is 468 g/mol. The van der Waals surface area contributed by atoms with Crippen molar-refractivity contribution in [3.05, 3.63) is 87.1 Å². The molecule has 2 amide bonds. The van der Waals surface area contributed by atoms with Gasteiger partial charge in [-0.15, -0.1) is 11.3 Å². The minimum absolute atomic E-state index is 0.0871. The number of ether oxygens (including phenoxy) is 1. The second kappa shape index (κ2) is 9.54. The van der Waals surface area contributed by atoms with Crippen molar-refractivity contribution >= 4 is 40.5 Å². The Morgan fingerprint density at radius 1 is 1.16 bits per heavy atom. The summed E-state index contributed by atoms with van der Waals surface area (Å²) >= 11 is 7.64. The highest BCUT2D eigenvalue weighted by Crippen LogP contribution is 2.34. The highest BCUT2D eigenvalue weighted by atomic mass is 35.5. The molecule has 0 unspecified atom stereocenters. The smallest absolute Gasteiger partial charge is 0.262 e. The summed E-state index contributed by atoms with van der Waals surface area (Å²) in [5.74, 6) is 0.171. The lowest BCUT2D eigenvalue weighted by molar-refractivity contribution is -0.133. The third-order valence-corrected chi connectivity index (χ3v) is 6.45. The van der Waals surface area contributed by atoms with Crippen LogP contribution in [0.3, 0.4) is 0 Å². The summed E-state index contributed by atoms with van der Waals surface area (Å²) in [5.41, 5.74) is 2.29. The molecule has 1 aliphatic rings. The highest BCUT2D eigenvalue weighted by Gasteiger charge is 2.34. The predicted octanol–water partition coefficient (Wildman–Crippen LogP) is 4.86. The van der Waals surface area contributed by atoms with Gasteiger partial charge in [0.1, 0.15) is 12.3 Å². The standard InChI is InChI=1S/C24H22ClN3O3S/c1-27(24(30)17-7-11-19(31-2)12-8-17)15-23(29)28-21(16-5-9-18(25)10-6-16)14-20(26-28)22-4-3-13-32-22/h3-13,21H,14-15H2,1-2H3/t21-/m0/s1. The van der Waals surface area contributed by atoms with Crippen molar-refractivity contribution < 1.29 is 14.3 Å². The number of rotatable bonds is 6. The number of hydrogen-bond donors (Lipinski definition) is 0. The van der Waals surface area contributed by atoms with E-state index in [1.807, 2.05) is 41.8 Å². The van der Waals surface area contributed by atoms with Crippen LogP contribution in [0.5, 0.6) is 5.75 Å². The molecule has 164 valence electrons. The molecule has 0 aliphatic carbocycles. The zero-order chi connectivity index (χ0) is 22.7. The number of carbonyl (C=O) groups is 2. The minimum atomic E-state index is -0.249. The van der Waals surface area contributed by atoms with Crippen molar-refractivity contribution in [3.8, 4) is 5.75 Å². The van der Waals surface area contributed by atoms with E-state index in [2.05, 4.69) is 5.10 Å². The molecular formula is C24H22ClN3O3S. The zero-order valence-corrected chi connectivity index (χ0v) is 19.3. The molecule has 0 saturated carbocycles. The Bertz CT molecular complexity index is 1130. The quantitative estimate of drug-likeness (QED) is 0.520. The van der Waals surface area contributed by atoms with Gasteiger partial charge in [0.15, 0.2) is 0 Å². The van der Waals surface area contributed by atoms with Gasteiger partial charge in [-0.05, 0) is 53.4 Å². The molecular weight excluding hydrogens is 446 g/mol. The maximum atomic E-state index is 13.2. The first kappa shape index (κ1) is 22.0. The number of methoxy groups -OCH3 is 1. The first-order valence-corrected chi connectivity index (χ1v) is 11.3. The van der Waals surface area contributed by atoms with Gasteiger partial charge in [-0.1, -0.05) is 29.8 Å². The first-order valence-electron chi connectivity index (χ1n) is 10.0. The lowest BCUT2D eigenvalue weighted by Crippen LogP contribution is -2.39. The van der Waals surface area contributed by atoms with Gasteiger partial charge in [-0.25, -0.2) is 5.01 Å². The molecule has 0 N–H and O–H groups in total. The van der Waals surface area contributed by atoms with Crippen molar-refractivity contribution in [2.24, 2.45) is 5.10 Å². The number of carbonyl (C=O) groups excluding carboxylic acids is 2. The third-order valence-electron chi connectivity index (χ3n) is 5.28. The molecule has 3 aromatic rings. The molecule has 4 rings (SSSR count). The lowest BCUT2D eigenvalue weighted by atomic mass is 10.0. The molecule has 1 aromatic heterocycles. The molecule has 0 saturated heterocycles. The van der Waals surface area contributed by atoms with Crippen LogP contribution in [0, 0.1) is 0 Å². The maximum absolute atomic E-state index is 13.2. The van der Waals surface area contributed by atoms with Crippen LogP contribution in [0.15, 0.2) is 71.1 Å². The maximum Gasteiger partial charge on any atom is 0.262 e. The van der Waals surface area contributed by atoms with Gasteiger partial charge in [0.25, 0.3) is 11.8 Å². The third kappa shape index (κ3) is 4.69. The minimum Gasteiger partial charge on any atom is -0.497 e. The van der Waals surface area contributed by atoms with E-state index in [-0.39, 0.29) is 24.4 Å². The molecule has 0 bridgehead atoms. The van der Waals surface area contributed by atoms with Crippen LogP contribution >= 0.6 is 22.9 Å². The predicted molar refractivity (Wildman–Crippen MR) is 126 cm³/mol. The summed E-state index contributed by atoms with van der Waals surface area (Å²) in [7, 11) is 3.18. The van der Waals surface area contributed by atoms with Gasteiger partial charge < -0.3 is 9.64 Å². The summed E-state index contributed by atoms with van der Waals surface area (Å²) in [6.07, 6.45) is 0.601. The van der Waals surface area contributed by atoms with Gasteiger partial charge in [-0.2, -0.15) is 5.10 Å². The Labute approximate surface area is 195 Å². The molecule has 2 heterocycles. The van der Waals surface area contributed by atoms with E-state index in [0.29, 0.717) is 22.8 Å². The Morgan fingerprint density at radius 3 is 2.50 bits per heavy atom. The van der Waals surface area contributed by atoms with Gasteiger partial charge in [0, 0.05) is 24.1 Å². The van der Waals surface area contributed by atoms with E-state index in [1.54, 1.807) is 49.8 Å². The summed E-state index contributed by atoms with van der Waals surface area (Å²) in [5, 5.41) is 8.76. The van der Waals surface area contributed by atoms with Crippen LogP contribution in [0.25, 0.3) is 0 Å². The number of amides is 2. The Morgan fingerprint density at radius 2 is 1.88 bits per heavy atom. The molecule has 0 radical (unpaired) electrons. The number of nitrogens with zero attached hydrogens (tertiary/aromatic N) is 3. The summed E-state index contributed by atoms with van der Waals surface area (Å²) in [6, 6.07) is 17.9. The second-order valence-electron chi connectivity index (χ2n) is 7.42. The van der Waals surface area contributed by atoms with E-state index in [4.69, 9.17) is 16.3 Å². The van der Waals surface area contributed by atoms with Crippen LogP contribution in [0.1, 0.15) is 33.3 Å². The first-order chi connectivity index (χ1) is 15.5. The second-order valence-corrected chi connectivity index (χ2v) is 8.81. The fourth-order valence-corrected chi connectivity index (χ4v) is 4.42. The highest BCUT2D eigenvalue weighted by molar-refractivity contribution is 7.12. The van der Waals surface area contributed by atoms with E-state index in [9.17, 15) is 9.59 Å². The monoisotopic (exact) mass is 467 g/mol. The summed E-state index contributed by atoms with van der Waals surface area (Å²) in [4.78, 5) is 28.5. The molecule has 6 nitrogen and oxygen atoms in total. The van der Waals surface area contributed by atoms with Crippen molar-refractivity contribution in [2.45, 2.75) is 12.5 Å². The van der Waals surface area contributed by atoms with Crippen molar-refractivity contribution in [3.63, 3.8) is 0 Å². The van der Waals surface area contributed by atoms with Crippen LogP contribution in [0.2, 0.25) is 5.02 Å². The largest absolute Gasteiger partial charge is 0.497 e. The molecule has 8 heteroatoms. The number of hydrogen-bond acceptors (Lipinski definition) is 5. The molecule has 32 heavy (non-hydrogen) atoms. The SMILES string of the molecule is COc1ccc(C(=O)N(C)CC(=O)N2N=C(c3cccs3)C[C@H]2c2ccc(Cl)cc2)cc1. The Hall–Kier alpha value is -3.16. The van der Waals surface area contributed by atoms with E-state index in [1.165, 1.54) is 9.91 Å². The van der Waals surface area contributed by atoms with Crippen LogP contribution in [-0.4, -0.2) is 48.1 Å². The van der Waals surface area contributed by atoms with Crippen LogP contribution in [0.4, 0.5) is 0 Å². The normalized spacial score (nSPS) is 15.4. The van der Waals surface area contributed by atoms with Gasteiger partial charge in [0.2, 0.25) is 0 Å². The topological polar surface area (TPSA) is 62.2 Å². The van der Waals surface area contributed by atoms with Gasteiger partial charge in [0.05, 0.1) is 23.7 Å². The Kier molecular flexibility index (Phi) is 6.58. The molecule has 0 spiro atoms. The fourth-order valence-electron chi connectivity index (χ4n) is 3.58. The number of halogens is 1. The number of hydrazone groups is 1. The molecule has 0 fully saturated rings. The zero-order valence-electron chi connectivity index (χ0n) is 17.7. The average Bonchev–Trinajstić information content (AvgIpc) is 3.49. The lowest BCUT2D eigenvalue weighted by Gasteiger charge is -2.25. The summed E-state index contributed by atoms with van der Waals surface area (Å²) in [6.45, 7) is -0.0871. The number of benzene rings is 2. The van der Waals surface area contributed by atoms with E-state index < -0.39 is 0 Å². The Balaban J connectivity index is 1.54. The fraction of sp³-hybridized carbons (Fsp3) is 0.208. The number of likely N-dealkylation sites (N-methyl/N-ethyl adjacent to an activating group) is 1. The number of thiophene rings is 1. The van der Waals surface area contributed by atoms with Crippen molar-refractivity contribution in [2.75, 3.05) is 20.7 Å². The van der Waals surface area contributed by atoms with Crippen LogP contribution in [-0.2, 0) is 4.79 Å². The van der Waals surface area contributed by atoms with Gasteiger partial charge in [-0.3, -0.25) is 9.59 Å². The van der Waals surface area contributed by atoms with Crippen LogP contribution < -0.4 is 4.74 Å². The molecule has 1 aliphatic heterocycles. The van der Waals surface area contributed by atoms with Crippen molar-refractivity contribution in [1.29, 1.82) is 0 Å². The molecule has 1 atom stereocenters. The van der Waals surface area contributed by atoms with Gasteiger partial charge >= 0.3 is 0 Å². The van der Waals surface area contributed by atoms with Crippen molar-refractivity contribution in [1.82, 2.24) is 9.91 Å². The van der Waals surface area contributed by atoms with E-state index >= 15 is 0 Å². The summed E-state index contributed by atoms with van der Waals surface area (Å²) < 4.78 is 5.14. The molecule has 2 aromatic carbocycles.